The van der Waals surface area contributed by atoms with E-state index in [0.29, 0.717) is 29.5 Å². The van der Waals surface area contributed by atoms with Crippen molar-refractivity contribution in [2.75, 3.05) is 55.3 Å². The molecule has 2 heterocycles. The lowest BCUT2D eigenvalue weighted by Gasteiger charge is -2.35. The van der Waals surface area contributed by atoms with Crippen molar-refractivity contribution in [1.29, 1.82) is 0 Å². The number of hydrogen-bond donors (Lipinski definition) is 1. The van der Waals surface area contributed by atoms with E-state index in [0.717, 1.165) is 6.26 Å². The Morgan fingerprint density at radius 1 is 1.31 bits per heavy atom. The van der Waals surface area contributed by atoms with Crippen molar-refractivity contribution in [3.8, 4) is 0 Å². The van der Waals surface area contributed by atoms with Crippen molar-refractivity contribution >= 4 is 33.4 Å². The van der Waals surface area contributed by atoms with Crippen LogP contribution in [0.4, 0.5) is 20.6 Å². The quantitative estimate of drug-likeness (QED) is 0.534. The summed E-state index contributed by atoms with van der Waals surface area (Å²) >= 11 is 0. The van der Waals surface area contributed by atoms with Crippen LogP contribution in [0.5, 0.6) is 0 Å². The number of sulfonamides is 1. The number of ether oxygens (including phenoxy) is 1. The van der Waals surface area contributed by atoms with Gasteiger partial charge in [0.05, 0.1) is 30.7 Å². The molecule has 10 nitrogen and oxygen atoms in total. The highest BCUT2D eigenvalue weighted by atomic mass is 32.2. The average Bonchev–Trinajstić information content (AvgIpc) is 3.01. The summed E-state index contributed by atoms with van der Waals surface area (Å²) in [5.74, 6) is -1.12. The minimum absolute atomic E-state index is 0.0645. The van der Waals surface area contributed by atoms with Gasteiger partial charge in [-0.05, 0) is 18.2 Å². The lowest BCUT2D eigenvalue weighted by molar-refractivity contribution is -0.166. The molecule has 160 valence electrons. The van der Waals surface area contributed by atoms with Gasteiger partial charge in [-0.1, -0.05) is 0 Å². The van der Waals surface area contributed by atoms with Crippen molar-refractivity contribution in [3.05, 3.63) is 24.0 Å². The van der Waals surface area contributed by atoms with E-state index < -0.39 is 33.9 Å². The van der Waals surface area contributed by atoms with Crippen LogP contribution < -0.4 is 9.80 Å². The van der Waals surface area contributed by atoms with Gasteiger partial charge in [0.2, 0.25) is 15.9 Å². The molecule has 2 saturated heterocycles. The van der Waals surface area contributed by atoms with E-state index in [1.54, 1.807) is 11.0 Å². The first-order chi connectivity index (χ1) is 13.6. The molecule has 2 amide bonds. The Morgan fingerprint density at radius 2 is 1.97 bits per heavy atom. The molecule has 0 bridgehead atoms. The summed E-state index contributed by atoms with van der Waals surface area (Å²) < 4.78 is 44.4. The molecule has 1 unspecified atom stereocenters. The Labute approximate surface area is 168 Å². The lowest BCUT2D eigenvalue weighted by Crippen LogP contribution is -2.48. The third-order valence-corrected chi connectivity index (χ3v) is 6.21. The number of nitrogens with zero attached hydrogens (tertiary/aromatic N) is 4. The van der Waals surface area contributed by atoms with E-state index in [1.165, 1.54) is 28.3 Å². The second kappa shape index (κ2) is 8.13. The van der Waals surface area contributed by atoms with E-state index in [9.17, 15) is 27.6 Å². The number of halogens is 1. The van der Waals surface area contributed by atoms with Gasteiger partial charge in [-0.2, -0.15) is 4.31 Å². The molecule has 12 heteroatoms. The third-order valence-electron chi connectivity index (χ3n) is 4.91. The normalized spacial score (nSPS) is 20.7. The van der Waals surface area contributed by atoms with Gasteiger partial charge in [0, 0.05) is 33.1 Å². The molecule has 3 rings (SSSR count). The largest absolute Gasteiger partial charge is 0.442 e. The molecule has 1 aromatic rings. The van der Waals surface area contributed by atoms with Gasteiger partial charge in [0.25, 0.3) is 0 Å². The minimum atomic E-state index is -3.27. The molecule has 0 spiro atoms. The third kappa shape index (κ3) is 4.77. The molecule has 2 fully saturated rings. The predicted octanol–water partition coefficient (Wildman–Crippen LogP) is 0.470. The van der Waals surface area contributed by atoms with Crippen molar-refractivity contribution in [2.24, 2.45) is 0 Å². The molecule has 0 saturated carbocycles. The minimum Gasteiger partial charge on any atom is -0.442 e. The van der Waals surface area contributed by atoms with Gasteiger partial charge in [0.15, 0.2) is 0 Å². The Hall–Kier alpha value is -2.44. The van der Waals surface area contributed by atoms with Gasteiger partial charge in [-0.15, -0.1) is 0 Å². The lowest BCUT2D eigenvalue weighted by atomic mass is 10.2. The Morgan fingerprint density at radius 3 is 2.52 bits per heavy atom. The fraction of sp³-hybridized carbons (Fsp3) is 0.529. The topological polar surface area (TPSA) is 111 Å². The van der Waals surface area contributed by atoms with Crippen molar-refractivity contribution in [1.82, 2.24) is 9.37 Å². The number of cyclic esters (lactones) is 1. The van der Waals surface area contributed by atoms with Gasteiger partial charge < -0.3 is 9.64 Å². The molecular weight excluding hydrogens is 407 g/mol. The fourth-order valence-corrected chi connectivity index (χ4v) is 4.16. The summed E-state index contributed by atoms with van der Waals surface area (Å²) in [5.41, 5.74) is 0.616. The number of anilines is 2. The van der Waals surface area contributed by atoms with Crippen LogP contribution in [0.2, 0.25) is 0 Å². The van der Waals surface area contributed by atoms with Gasteiger partial charge in [-0.25, -0.2) is 22.7 Å². The first-order valence-electron chi connectivity index (χ1n) is 9.01. The molecule has 2 aliphatic heterocycles. The fourth-order valence-electron chi connectivity index (χ4n) is 3.33. The number of piperazine rings is 1. The first-order valence-corrected chi connectivity index (χ1v) is 10.9. The Balaban J connectivity index is 1.67. The molecular formula is C17H23FN4O6S. The van der Waals surface area contributed by atoms with Crippen LogP contribution in [0.25, 0.3) is 0 Å². The maximum Gasteiger partial charge on any atom is 0.414 e. The molecule has 1 N–H and O–H groups in total. The molecule has 2 aliphatic rings. The summed E-state index contributed by atoms with van der Waals surface area (Å²) in [6.07, 6.45) is -0.281. The molecule has 0 radical (unpaired) electrons. The second-order valence-corrected chi connectivity index (χ2v) is 8.98. The van der Waals surface area contributed by atoms with Crippen molar-refractivity contribution < 1.29 is 32.3 Å². The highest BCUT2D eigenvalue weighted by molar-refractivity contribution is 7.88. The van der Waals surface area contributed by atoms with E-state index in [2.05, 4.69) is 0 Å². The van der Waals surface area contributed by atoms with Crippen LogP contribution in [0.3, 0.4) is 0 Å². The molecule has 0 aromatic heterocycles. The SMILES string of the molecule is CC(=O)N(O)CC1CN(c2ccc(N3CCN(S(C)(=O)=O)CC3)c(F)c2)C(=O)O1. The van der Waals surface area contributed by atoms with E-state index >= 15 is 0 Å². The number of carbonyl (C=O) groups is 2. The zero-order valence-corrected chi connectivity index (χ0v) is 16.9. The van der Waals surface area contributed by atoms with Crippen LogP contribution in [-0.4, -0.2) is 86.6 Å². The average molecular weight is 430 g/mol. The van der Waals surface area contributed by atoms with Crippen LogP contribution >= 0.6 is 0 Å². The second-order valence-electron chi connectivity index (χ2n) is 7.00. The summed E-state index contributed by atoms with van der Waals surface area (Å²) in [6.45, 7) is 2.32. The molecule has 1 aromatic carbocycles. The van der Waals surface area contributed by atoms with Crippen LogP contribution in [-0.2, 0) is 19.6 Å². The number of amides is 2. The zero-order chi connectivity index (χ0) is 21.3. The van der Waals surface area contributed by atoms with Gasteiger partial charge in [-0.3, -0.25) is 14.9 Å². The zero-order valence-electron chi connectivity index (χ0n) is 16.1. The van der Waals surface area contributed by atoms with Crippen LogP contribution in [0.1, 0.15) is 6.92 Å². The van der Waals surface area contributed by atoms with E-state index in [-0.39, 0.29) is 26.2 Å². The summed E-state index contributed by atoms with van der Waals surface area (Å²) in [6, 6.07) is 4.32. The number of benzene rings is 1. The Kier molecular flexibility index (Phi) is 5.96. The van der Waals surface area contributed by atoms with Crippen LogP contribution in [0, 0.1) is 5.82 Å². The molecule has 1 atom stereocenters. The predicted molar refractivity (Wildman–Crippen MR) is 102 cm³/mol. The van der Waals surface area contributed by atoms with Crippen molar-refractivity contribution in [2.45, 2.75) is 13.0 Å². The number of carbonyl (C=O) groups excluding carboxylic acids is 2. The number of hydrogen-bond acceptors (Lipinski definition) is 7. The summed E-state index contributed by atoms with van der Waals surface area (Å²) in [7, 11) is -3.27. The van der Waals surface area contributed by atoms with E-state index in [1.807, 2.05) is 0 Å². The molecule has 0 aliphatic carbocycles. The van der Waals surface area contributed by atoms with E-state index in [4.69, 9.17) is 4.74 Å². The standard InChI is InChI=1S/C17H23FN4O6S/c1-12(23)22(25)11-14-10-21(17(24)28-14)13-3-4-16(15(18)9-13)19-5-7-20(8-6-19)29(2,26)27/h3-4,9,14,25H,5-8,10-11H2,1-2H3. The highest BCUT2D eigenvalue weighted by Crippen LogP contribution is 2.29. The maximum absolute atomic E-state index is 14.7. The highest BCUT2D eigenvalue weighted by Gasteiger charge is 2.34. The van der Waals surface area contributed by atoms with Gasteiger partial charge in [0.1, 0.15) is 11.9 Å². The maximum atomic E-state index is 14.7. The molecule has 29 heavy (non-hydrogen) atoms. The van der Waals surface area contributed by atoms with Crippen molar-refractivity contribution in [3.63, 3.8) is 0 Å². The first kappa shape index (κ1) is 21.3. The summed E-state index contributed by atoms with van der Waals surface area (Å²) in [4.78, 5) is 26.2. The smallest absolute Gasteiger partial charge is 0.414 e. The van der Waals surface area contributed by atoms with Gasteiger partial charge >= 0.3 is 6.09 Å². The monoisotopic (exact) mass is 430 g/mol. The summed E-state index contributed by atoms with van der Waals surface area (Å²) in [5, 5.41) is 9.95. The van der Waals surface area contributed by atoms with Crippen LogP contribution in [0.15, 0.2) is 18.2 Å². The Bertz CT molecular complexity index is 903. The number of hydroxylamine groups is 2. The number of rotatable bonds is 5.